The molecule has 4 nitrogen and oxygen atoms in total. The first-order valence-corrected chi connectivity index (χ1v) is 11.1. The number of hydrogen-bond donors (Lipinski definition) is 1. The molecule has 0 radical (unpaired) electrons. The normalized spacial score (nSPS) is 18.3. The third kappa shape index (κ3) is 5.11. The molecule has 3 aromatic rings. The summed E-state index contributed by atoms with van der Waals surface area (Å²) in [7, 11) is 0. The Morgan fingerprint density at radius 1 is 1.17 bits per heavy atom. The molecule has 2 heterocycles. The van der Waals surface area contributed by atoms with E-state index in [2.05, 4.69) is 52.0 Å². The highest BCUT2D eigenvalue weighted by Crippen LogP contribution is 2.26. The molecule has 0 bridgehead atoms. The summed E-state index contributed by atoms with van der Waals surface area (Å²) in [5.41, 5.74) is 3.38. The Morgan fingerprint density at radius 3 is 2.66 bits per heavy atom. The van der Waals surface area contributed by atoms with Crippen LogP contribution in [-0.4, -0.2) is 28.9 Å². The fourth-order valence-electron chi connectivity index (χ4n) is 3.88. The van der Waals surface area contributed by atoms with Gasteiger partial charge in [-0.2, -0.15) is 0 Å². The van der Waals surface area contributed by atoms with Gasteiger partial charge in [0.25, 0.3) is 0 Å². The van der Waals surface area contributed by atoms with Crippen molar-refractivity contribution < 1.29 is 4.79 Å². The Labute approximate surface area is 176 Å². The number of amides is 1. The van der Waals surface area contributed by atoms with E-state index < -0.39 is 0 Å². The van der Waals surface area contributed by atoms with Gasteiger partial charge in [-0.1, -0.05) is 60.7 Å². The van der Waals surface area contributed by atoms with Crippen LogP contribution in [0.1, 0.15) is 36.4 Å². The monoisotopic (exact) mass is 405 g/mol. The van der Waals surface area contributed by atoms with Gasteiger partial charge < -0.3 is 5.32 Å². The van der Waals surface area contributed by atoms with E-state index in [-0.39, 0.29) is 17.9 Å². The molecule has 150 valence electrons. The largest absolute Gasteiger partial charge is 0.347 e. The van der Waals surface area contributed by atoms with Crippen LogP contribution in [-0.2, 0) is 11.3 Å². The summed E-state index contributed by atoms with van der Waals surface area (Å²) in [5.74, 6) is 0.190. The third-order valence-electron chi connectivity index (χ3n) is 5.45. The van der Waals surface area contributed by atoms with Crippen molar-refractivity contribution in [1.29, 1.82) is 0 Å². The van der Waals surface area contributed by atoms with Crippen LogP contribution in [0.25, 0.3) is 11.3 Å². The second kappa shape index (κ2) is 9.33. The van der Waals surface area contributed by atoms with Crippen LogP contribution in [0.4, 0.5) is 0 Å². The van der Waals surface area contributed by atoms with E-state index in [9.17, 15) is 4.79 Å². The van der Waals surface area contributed by atoms with Crippen LogP contribution < -0.4 is 5.32 Å². The average Bonchev–Trinajstić information content (AvgIpc) is 3.26. The summed E-state index contributed by atoms with van der Waals surface area (Å²) < 4.78 is 0. The molecule has 1 saturated heterocycles. The van der Waals surface area contributed by atoms with Gasteiger partial charge >= 0.3 is 0 Å². The molecule has 1 aliphatic rings. The second-order valence-electron chi connectivity index (χ2n) is 7.73. The average molecular weight is 406 g/mol. The minimum Gasteiger partial charge on any atom is -0.347 e. The van der Waals surface area contributed by atoms with Crippen molar-refractivity contribution in [3.63, 3.8) is 0 Å². The van der Waals surface area contributed by atoms with Crippen LogP contribution >= 0.6 is 11.3 Å². The first-order valence-electron chi connectivity index (χ1n) is 10.3. The number of piperidine rings is 1. The lowest BCUT2D eigenvalue weighted by molar-refractivity contribution is -0.127. The quantitative estimate of drug-likeness (QED) is 0.634. The van der Waals surface area contributed by atoms with Gasteiger partial charge in [0.15, 0.2) is 0 Å². The zero-order chi connectivity index (χ0) is 20.1. The smallest absolute Gasteiger partial charge is 0.224 e. The minimum atomic E-state index is -0.0746. The summed E-state index contributed by atoms with van der Waals surface area (Å²) in [6.45, 7) is 4.81. The number of carbonyl (C=O) groups is 1. The number of nitrogens with one attached hydrogen (secondary N) is 1. The number of thiazole rings is 1. The predicted octanol–water partition coefficient (Wildman–Crippen LogP) is 4.90. The van der Waals surface area contributed by atoms with Gasteiger partial charge in [0, 0.05) is 24.0 Å². The van der Waals surface area contributed by atoms with Gasteiger partial charge in [-0.3, -0.25) is 9.69 Å². The van der Waals surface area contributed by atoms with Crippen molar-refractivity contribution in [2.45, 2.75) is 32.4 Å². The van der Waals surface area contributed by atoms with E-state index in [4.69, 9.17) is 4.98 Å². The second-order valence-corrected chi connectivity index (χ2v) is 8.62. The Balaban J connectivity index is 1.34. The Hall–Kier alpha value is -2.50. The molecule has 0 aliphatic carbocycles. The van der Waals surface area contributed by atoms with Crippen LogP contribution in [0.15, 0.2) is 66.0 Å². The highest BCUT2D eigenvalue weighted by Gasteiger charge is 2.27. The first-order chi connectivity index (χ1) is 14.2. The van der Waals surface area contributed by atoms with Gasteiger partial charge in [-0.15, -0.1) is 11.3 Å². The van der Waals surface area contributed by atoms with Gasteiger partial charge in [-0.25, -0.2) is 4.98 Å². The number of aromatic nitrogens is 1. The number of benzene rings is 2. The highest BCUT2D eigenvalue weighted by molar-refractivity contribution is 7.10. The van der Waals surface area contributed by atoms with Gasteiger partial charge in [0.2, 0.25) is 5.91 Å². The molecule has 5 heteroatoms. The molecule has 29 heavy (non-hydrogen) atoms. The van der Waals surface area contributed by atoms with E-state index in [0.717, 1.165) is 48.7 Å². The lowest BCUT2D eigenvalue weighted by Gasteiger charge is -2.32. The Kier molecular flexibility index (Phi) is 6.37. The maximum absolute atomic E-state index is 12.9. The fraction of sp³-hybridized carbons (Fsp3) is 0.333. The van der Waals surface area contributed by atoms with Gasteiger partial charge in [0.05, 0.1) is 17.7 Å². The van der Waals surface area contributed by atoms with Crippen molar-refractivity contribution in [3.05, 3.63) is 76.6 Å². The zero-order valence-corrected chi connectivity index (χ0v) is 17.6. The van der Waals surface area contributed by atoms with E-state index in [1.807, 2.05) is 31.2 Å². The number of rotatable bonds is 6. The van der Waals surface area contributed by atoms with E-state index in [0.29, 0.717) is 0 Å². The highest BCUT2D eigenvalue weighted by atomic mass is 32.1. The standard InChI is InChI=1S/C24H27N3OS/c1-18(24-26-22(17-29-24)20-11-6-3-7-12-20)25-23(28)21-13-8-14-27(16-21)15-19-9-4-2-5-10-19/h2-7,9-12,17-18,21H,8,13-16H2,1H3,(H,25,28). The van der Waals surface area contributed by atoms with Gasteiger partial charge in [0.1, 0.15) is 5.01 Å². The van der Waals surface area contributed by atoms with Crippen molar-refractivity contribution in [2.75, 3.05) is 13.1 Å². The summed E-state index contributed by atoms with van der Waals surface area (Å²) in [6.07, 6.45) is 2.02. The molecule has 4 rings (SSSR count). The van der Waals surface area contributed by atoms with E-state index in [1.54, 1.807) is 11.3 Å². The van der Waals surface area contributed by atoms with Crippen LogP contribution in [0.2, 0.25) is 0 Å². The van der Waals surface area contributed by atoms with Gasteiger partial charge in [-0.05, 0) is 31.9 Å². The molecule has 1 N–H and O–H groups in total. The van der Waals surface area contributed by atoms with Crippen molar-refractivity contribution >= 4 is 17.2 Å². The fourth-order valence-corrected chi connectivity index (χ4v) is 4.71. The van der Waals surface area contributed by atoms with Crippen molar-refractivity contribution in [1.82, 2.24) is 15.2 Å². The molecule has 1 aliphatic heterocycles. The molecule has 2 atom stereocenters. The predicted molar refractivity (Wildman–Crippen MR) is 119 cm³/mol. The molecule has 2 aromatic carbocycles. The van der Waals surface area contributed by atoms with E-state index >= 15 is 0 Å². The summed E-state index contributed by atoms with van der Waals surface area (Å²) in [4.78, 5) is 20.0. The topological polar surface area (TPSA) is 45.2 Å². The lowest BCUT2D eigenvalue weighted by atomic mass is 9.96. The molecule has 1 fully saturated rings. The van der Waals surface area contributed by atoms with E-state index in [1.165, 1.54) is 5.56 Å². The maximum Gasteiger partial charge on any atom is 0.224 e. The Bertz CT molecular complexity index is 926. The Morgan fingerprint density at radius 2 is 1.90 bits per heavy atom. The molecule has 1 amide bonds. The number of likely N-dealkylation sites (tertiary alicyclic amines) is 1. The first kappa shape index (κ1) is 19.8. The van der Waals surface area contributed by atoms with Crippen LogP contribution in [0.3, 0.4) is 0 Å². The molecule has 0 saturated carbocycles. The summed E-state index contributed by atoms with van der Waals surface area (Å²) >= 11 is 1.61. The maximum atomic E-state index is 12.9. The third-order valence-corrected chi connectivity index (χ3v) is 6.47. The minimum absolute atomic E-state index is 0.0449. The number of nitrogens with zero attached hydrogens (tertiary/aromatic N) is 2. The summed E-state index contributed by atoms with van der Waals surface area (Å²) in [5, 5.41) is 6.22. The number of carbonyl (C=O) groups excluding carboxylic acids is 1. The zero-order valence-electron chi connectivity index (χ0n) is 16.8. The SMILES string of the molecule is CC(NC(=O)C1CCCN(Cc2ccccc2)C1)c1nc(-c2ccccc2)cs1. The summed E-state index contributed by atoms with van der Waals surface area (Å²) in [6, 6.07) is 20.6. The molecular formula is C24H27N3OS. The molecule has 0 spiro atoms. The number of hydrogen-bond acceptors (Lipinski definition) is 4. The lowest BCUT2D eigenvalue weighted by Crippen LogP contribution is -2.43. The molecule has 1 aromatic heterocycles. The van der Waals surface area contributed by atoms with Crippen molar-refractivity contribution in [2.24, 2.45) is 5.92 Å². The van der Waals surface area contributed by atoms with Crippen molar-refractivity contribution in [3.8, 4) is 11.3 Å². The molecular weight excluding hydrogens is 378 g/mol. The molecule has 2 unspecified atom stereocenters. The van der Waals surface area contributed by atoms with Crippen LogP contribution in [0, 0.1) is 5.92 Å². The van der Waals surface area contributed by atoms with Crippen LogP contribution in [0.5, 0.6) is 0 Å².